The molecule has 4 heteroatoms. The van der Waals surface area contributed by atoms with Crippen LogP contribution in [0.1, 0.15) is 5.56 Å². The van der Waals surface area contributed by atoms with E-state index in [-0.39, 0.29) is 5.91 Å². The molecule has 0 spiro atoms. The lowest BCUT2D eigenvalue weighted by molar-refractivity contribution is -0.120. The summed E-state index contributed by atoms with van der Waals surface area (Å²) in [6, 6.07) is 17.8. The Morgan fingerprint density at radius 1 is 1.14 bits per heavy atom. The summed E-state index contributed by atoms with van der Waals surface area (Å²) in [6.07, 6.45) is 0.382. The van der Waals surface area contributed by atoms with Crippen molar-refractivity contribution in [3.63, 3.8) is 0 Å². The van der Waals surface area contributed by atoms with E-state index in [9.17, 15) is 4.79 Å². The van der Waals surface area contributed by atoms with E-state index in [1.165, 1.54) is 4.90 Å². The number of nitrogens with one attached hydrogen (secondary N) is 1. The Hall–Kier alpha value is -1.94. The Morgan fingerprint density at radius 3 is 2.71 bits per heavy atom. The number of hydrogen-bond donors (Lipinski definition) is 1. The van der Waals surface area contributed by atoms with Crippen LogP contribution in [0.5, 0.6) is 5.75 Å². The highest BCUT2D eigenvalue weighted by molar-refractivity contribution is 7.99. The van der Waals surface area contributed by atoms with E-state index in [2.05, 4.69) is 17.4 Å². The summed E-state index contributed by atoms with van der Waals surface area (Å²) in [5, 5.41) is 2.94. The average Bonchev–Trinajstić information content (AvgIpc) is 2.53. The van der Waals surface area contributed by atoms with Crippen molar-refractivity contribution in [1.82, 2.24) is 5.32 Å². The predicted molar refractivity (Wildman–Crippen MR) is 86.9 cm³/mol. The molecule has 0 radical (unpaired) electrons. The summed E-state index contributed by atoms with van der Waals surface area (Å²) in [6.45, 7) is 0.669. The van der Waals surface area contributed by atoms with E-state index in [0.29, 0.717) is 13.0 Å². The standard InChI is InChI=1S/C17H19NO2S/c1-20-15-7-5-6-14(12-15)13-17(19)18-10-11-21-16-8-3-2-4-9-16/h2-9,12H,10-11,13H2,1H3,(H,18,19). The number of rotatable bonds is 7. The maximum Gasteiger partial charge on any atom is 0.224 e. The first-order chi connectivity index (χ1) is 10.3. The van der Waals surface area contributed by atoms with Crippen LogP contribution in [0.4, 0.5) is 0 Å². The van der Waals surface area contributed by atoms with E-state index >= 15 is 0 Å². The molecule has 1 N–H and O–H groups in total. The number of carbonyl (C=O) groups excluding carboxylic acids is 1. The van der Waals surface area contributed by atoms with Gasteiger partial charge in [0, 0.05) is 17.2 Å². The Kier molecular flexibility index (Phi) is 6.16. The number of ether oxygens (including phenoxy) is 1. The minimum absolute atomic E-state index is 0.0388. The molecule has 0 atom stereocenters. The number of benzene rings is 2. The second kappa shape index (κ2) is 8.37. The topological polar surface area (TPSA) is 38.3 Å². The molecule has 0 bridgehead atoms. The Bertz CT molecular complexity index is 572. The van der Waals surface area contributed by atoms with Crippen molar-refractivity contribution in [3.8, 4) is 5.75 Å². The average molecular weight is 301 g/mol. The Labute approximate surface area is 129 Å². The third kappa shape index (κ3) is 5.52. The van der Waals surface area contributed by atoms with Gasteiger partial charge in [-0.3, -0.25) is 4.79 Å². The van der Waals surface area contributed by atoms with Crippen LogP contribution in [0.25, 0.3) is 0 Å². The third-order valence-corrected chi connectivity index (χ3v) is 3.95. The lowest BCUT2D eigenvalue weighted by Crippen LogP contribution is -2.27. The SMILES string of the molecule is COc1cccc(CC(=O)NCCSc2ccccc2)c1. The molecular weight excluding hydrogens is 282 g/mol. The number of carbonyl (C=O) groups is 1. The van der Waals surface area contributed by atoms with Crippen molar-refractivity contribution in [2.45, 2.75) is 11.3 Å². The van der Waals surface area contributed by atoms with E-state index in [0.717, 1.165) is 17.1 Å². The molecule has 0 aliphatic rings. The summed E-state index contributed by atoms with van der Waals surface area (Å²) < 4.78 is 5.15. The van der Waals surface area contributed by atoms with Gasteiger partial charge in [-0.25, -0.2) is 0 Å². The van der Waals surface area contributed by atoms with Crippen LogP contribution in [0, 0.1) is 0 Å². The third-order valence-electron chi connectivity index (χ3n) is 2.93. The van der Waals surface area contributed by atoms with Gasteiger partial charge in [-0.15, -0.1) is 11.8 Å². The van der Waals surface area contributed by atoms with Crippen molar-refractivity contribution in [3.05, 3.63) is 60.2 Å². The van der Waals surface area contributed by atoms with Gasteiger partial charge in [0.15, 0.2) is 0 Å². The van der Waals surface area contributed by atoms with Gasteiger partial charge in [0.1, 0.15) is 5.75 Å². The van der Waals surface area contributed by atoms with Gasteiger partial charge < -0.3 is 10.1 Å². The van der Waals surface area contributed by atoms with Crippen molar-refractivity contribution in [2.75, 3.05) is 19.4 Å². The van der Waals surface area contributed by atoms with Crippen molar-refractivity contribution >= 4 is 17.7 Å². The van der Waals surface area contributed by atoms with Crippen LogP contribution in [-0.2, 0) is 11.2 Å². The molecule has 0 aliphatic carbocycles. The molecule has 21 heavy (non-hydrogen) atoms. The lowest BCUT2D eigenvalue weighted by Gasteiger charge is -2.06. The van der Waals surface area contributed by atoms with E-state index in [4.69, 9.17) is 4.74 Å². The number of hydrogen-bond acceptors (Lipinski definition) is 3. The van der Waals surface area contributed by atoms with Crippen LogP contribution in [0.15, 0.2) is 59.5 Å². The van der Waals surface area contributed by atoms with Gasteiger partial charge in [-0.1, -0.05) is 30.3 Å². The number of amides is 1. The fourth-order valence-electron chi connectivity index (χ4n) is 1.91. The quantitative estimate of drug-likeness (QED) is 0.630. The van der Waals surface area contributed by atoms with Crippen molar-refractivity contribution < 1.29 is 9.53 Å². The van der Waals surface area contributed by atoms with Gasteiger partial charge >= 0.3 is 0 Å². The molecule has 2 rings (SSSR count). The molecule has 0 heterocycles. The second-order valence-corrected chi connectivity index (χ2v) is 5.71. The second-order valence-electron chi connectivity index (χ2n) is 4.54. The van der Waals surface area contributed by atoms with Crippen LogP contribution >= 0.6 is 11.8 Å². The summed E-state index contributed by atoms with van der Waals surface area (Å²) in [5.74, 6) is 1.69. The largest absolute Gasteiger partial charge is 0.497 e. The molecule has 110 valence electrons. The first-order valence-electron chi connectivity index (χ1n) is 6.85. The molecule has 0 unspecified atom stereocenters. The van der Waals surface area contributed by atoms with E-state index in [1.807, 2.05) is 42.5 Å². The summed E-state index contributed by atoms with van der Waals surface area (Å²) >= 11 is 1.74. The zero-order chi connectivity index (χ0) is 14.9. The molecule has 0 saturated heterocycles. The summed E-state index contributed by atoms with van der Waals surface area (Å²) in [5.41, 5.74) is 0.961. The van der Waals surface area contributed by atoms with Gasteiger partial charge in [-0.2, -0.15) is 0 Å². The van der Waals surface area contributed by atoms with E-state index in [1.54, 1.807) is 18.9 Å². The summed E-state index contributed by atoms with van der Waals surface area (Å²) in [7, 11) is 1.62. The first-order valence-corrected chi connectivity index (χ1v) is 7.84. The van der Waals surface area contributed by atoms with Gasteiger partial charge in [0.25, 0.3) is 0 Å². The van der Waals surface area contributed by atoms with Crippen molar-refractivity contribution in [1.29, 1.82) is 0 Å². The van der Waals surface area contributed by atoms with Crippen LogP contribution < -0.4 is 10.1 Å². The first kappa shape index (κ1) is 15.4. The highest BCUT2D eigenvalue weighted by Crippen LogP contribution is 2.16. The van der Waals surface area contributed by atoms with E-state index < -0.39 is 0 Å². The van der Waals surface area contributed by atoms with Crippen molar-refractivity contribution in [2.24, 2.45) is 0 Å². The monoisotopic (exact) mass is 301 g/mol. The van der Waals surface area contributed by atoms with Crippen LogP contribution in [0.3, 0.4) is 0 Å². The molecule has 0 aromatic heterocycles. The van der Waals surface area contributed by atoms with Gasteiger partial charge in [-0.05, 0) is 29.8 Å². The normalized spacial score (nSPS) is 10.1. The Balaban J connectivity index is 1.70. The predicted octanol–water partition coefficient (Wildman–Crippen LogP) is 3.15. The molecule has 0 aliphatic heterocycles. The smallest absolute Gasteiger partial charge is 0.224 e. The molecule has 0 fully saturated rings. The maximum atomic E-state index is 11.9. The molecule has 0 saturated carbocycles. The van der Waals surface area contributed by atoms with Gasteiger partial charge in [0.2, 0.25) is 5.91 Å². The number of methoxy groups -OCH3 is 1. The summed E-state index contributed by atoms with van der Waals surface area (Å²) in [4.78, 5) is 13.1. The fourth-order valence-corrected chi connectivity index (χ4v) is 2.70. The van der Waals surface area contributed by atoms with Crippen LogP contribution in [0.2, 0.25) is 0 Å². The molecule has 2 aromatic carbocycles. The number of thioether (sulfide) groups is 1. The molecular formula is C17H19NO2S. The zero-order valence-corrected chi connectivity index (χ0v) is 12.9. The van der Waals surface area contributed by atoms with Crippen LogP contribution in [-0.4, -0.2) is 25.3 Å². The highest BCUT2D eigenvalue weighted by Gasteiger charge is 2.04. The minimum atomic E-state index is 0.0388. The lowest BCUT2D eigenvalue weighted by atomic mass is 10.1. The minimum Gasteiger partial charge on any atom is -0.497 e. The molecule has 3 nitrogen and oxygen atoms in total. The zero-order valence-electron chi connectivity index (χ0n) is 12.0. The molecule has 1 amide bonds. The maximum absolute atomic E-state index is 11.9. The fraction of sp³-hybridized carbons (Fsp3) is 0.235. The highest BCUT2D eigenvalue weighted by atomic mass is 32.2. The molecule has 2 aromatic rings. The van der Waals surface area contributed by atoms with Gasteiger partial charge in [0.05, 0.1) is 13.5 Å². The Morgan fingerprint density at radius 2 is 1.95 bits per heavy atom.